The SMILES string of the molecule is C[C@@H](O)[C@H](NCc1cc(Cl)c(O[C@H]2CCc3c(-c4cccc(OCCCN5CC(O)C5)c4Cl)cccc32)cc1OCc1cncc(C#N)c1)C(=O)CS(C)(=O)=O. The van der Waals surface area contributed by atoms with Gasteiger partial charge in [-0.3, -0.25) is 14.7 Å². The number of aliphatic hydroxyl groups is 2. The second-order valence-corrected chi connectivity index (χ2v) is 17.2. The Balaban J connectivity index is 1.22. The van der Waals surface area contributed by atoms with Gasteiger partial charge in [0, 0.05) is 67.6 Å². The fourth-order valence-corrected chi connectivity index (χ4v) is 8.23. The molecule has 0 unspecified atom stereocenters. The number of hydrogen-bond donors (Lipinski definition) is 3. The van der Waals surface area contributed by atoms with Gasteiger partial charge in [-0.05, 0) is 61.1 Å². The zero-order valence-corrected chi connectivity index (χ0v) is 33.4. The van der Waals surface area contributed by atoms with E-state index in [0.29, 0.717) is 65.1 Å². The fourth-order valence-electron chi connectivity index (χ4n) is 7.02. The Hall–Kier alpha value is -4.26. The van der Waals surface area contributed by atoms with Crippen molar-refractivity contribution >= 4 is 38.8 Å². The van der Waals surface area contributed by atoms with Crippen LogP contribution in [0.15, 0.2) is 67.0 Å². The molecule has 1 aromatic heterocycles. The third kappa shape index (κ3) is 10.4. The minimum atomic E-state index is -3.62. The van der Waals surface area contributed by atoms with Crippen molar-refractivity contribution in [2.45, 2.75) is 63.7 Å². The zero-order valence-electron chi connectivity index (χ0n) is 31.1. The molecular formula is C41H44Cl2N4O8S. The number of β-amino-alcohol motifs (C(OH)–C–C–N with tert-alkyl or cyclic N) is 1. The molecule has 0 saturated carbocycles. The molecule has 1 aliphatic heterocycles. The number of hydrogen-bond acceptors (Lipinski definition) is 12. The second-order valence-electron chi connectivity index (χ2n) is 14.3. The molecule has 6 rings (SSSR count). The summed E-state index contributed by atoms with van der Waals surface area (Å²) in [5.41, 5.74) is 5.48. The van der Waals surface area contributed by atoms with E-state index in [-0.39, 0.29) is 30.4 Å². The molecule has 12 nitrogen and oxygen atoms in total. The summed E-state index contributed by atoms with van der Waals surface area (Å²) in [5, 5.41) is 33.0. The van der Waals surface area contributed by atoms with Crippen molar-refractivity contribution < 1.29 is 37.6 Å². The number of aromatic nitrogens is 1. The van der Waals surface area contributed by atoms with Crippen molar-refractivity contribution in [1.29, 1.82) is 5.26 Å². The smallest absolute Gasteiger partial charge is 0.167 e. The lowest BCUT2D eigenvalue weighted by Crippen LogP contribution is -2.50. The maximum atomic E-state index is 12.8. The molecule has 3 atom stereocenters. The van der Waals surface area contributed by atoms with Crippen LogP contribution in [0.25, 0.3) is 11.1 Å². The summed E-state index contributed by atoms with van der Waals surface area (Å²) in [6.07, 6.45) is 4.46. The first kappa shape index (κ1) is 41.4. The van der Waals surface area contributed by atoms with Gasteiger partial charge in [-0.15, -0.1) is 0 Å². The monoisotopic (exact) mass is 822 g/mol. The van der Waals surface area contributed by atoms with Crippen molar-refractivity contribution in [3.63, 3.8) is 0 Å². The highest BCUT2D eigenvalue weighted by Crippen LogP contribution is 2.45. The molecule has 1 fully saturated rings. The van der Waals surface area contributed by atoms with Crippen LogP contribution in [0.3, 0.4) is 0 Å². The first-order valence-electron chi connectivity index (χ1n) is 18.3. The number of fused-ring (bicyclic) bond motifs is 1. The summed E-state index contributed by atoms with van der Waals surface area (Å²) in [6.45, 7) is 4.21. The highest BCUT2D eigenvalue weighted by molar-refractivity contribution is 7.91. The maximum Gasteiger partial charge on any atom is 0.167 e. The molecule has 1 aliphatic carbocycles. The summed E-state index contributed by atoms with van der Waals surface area (Å²) >= 11 is 13.8. The predicted molar refractivity (Wildman–Crippen MR) is 213 cm³/mol. The lowest BCUT2D eigenvalue weighted by Gasteiger charge is -2.35. The van der Waals surface area contributed by atoms with Crippen molar-refractivity contribution in [3.8, 4) is 34.4 Å². The number of likely N-dealkylation sites (tertiary alicyclic amines) is 1. The average Bonchev–Trinajstić information content (AvgIpc) is 3.55. The number of Topliss-reactive ketones (excluding diaryl/α,β-unsaturated/α-hetero) is 1. The Morgan fingerprint density at radius 2 is 1.84 bits per heavy atom. The van der Waals surface area contributed by atoms with E-state index in [0.717, 1.165) is 47.9 Å². The molecule has 3 N–H and O–H groups in total. The normalized spacial score (nSPS) is 16.7. The van der Waals surface area contributed by atoms with Gasteiger partial charge in [0.25, 0.3) is 0 Å². The molecule has 0 radical (unpaired) electrons. The summed E-state index contributed by atoms with van der Waals surface area (Å²) in [7, 11) is -3.62. The number of aliphatic hydroxyl groups excluding tert-OH is 2. The number of ether oxygens (including phenoxy) is 3. The first-order chi connectivity index (χ1) is 26.8. The number of nitriles is 1. The average molecular weight is 824 g/mol. The lowest BCUT2D eigenvalue weighted by atomic mass is 9.96. The van der Waals surface area contributed by atoms with Crippen LogP contribution in [0.5, 0.6) is 17.2 Å². The van der Waals surface area contributed by atoms with Crippen LogP contribution in [-0.2, 0) is 34.2 Å². The van der Waals surface area contributed by atoms with Crippen LogP contribution in [0.2, 0.25) is 10.0 Å². The molecule has 296 valence electrons. The van der Waals surface area contributed by atoms with Gasteiger partial charge in [0.15, 0.2) is 15.6 Å². The van der Waals surface area contributed by atoms with Gasteiger partial charge in [-0.2, -0.15) is 5.26 Å². The Morgan fingerprint density at radius 3 is 2.57 bits per heavy atom. The fraction of sp³-hybridized carbons (Fsp3) is 0.390. The van der Waals surface area contributed by atoms with Crippen molar-refractivity contribution in [1.82, 2.24) is 15.2 Å². The van der Waals surface area contributed by atoms with Crippen LogP contribution in [0.4, 0.5) is 0 Å². The van der Waals surface area contributed by atoms with Gasteiger partial charge in [0.2, 0.25) is 0 Å². The van der Waals surface area contributed by atoms with E-state index in [4.69, 9.17) is 37.4 Å². The Kier molecular flexibility index (Phi) is 13.5. The zero-order chi connectivity index (χ0) is 40.0. The largest absolute Gasteiger partial charge is 0.492 e. The summed E-state index contributed by atoms with van der Waals surface area (Å²) in [4.78, 5) is 19.1. The van der Waals surface area contributed by atoms with Crippen LogP contribution in [-0.4, -0.2) is 90.8 Å². The van der Waals surface area contributed by atoms with Gasteiger partial charge < -0.3 is 29.7 Å². The molecular weight excluding hydrogens is 779 g/mol. The third-order valence-corrected chi connectivity index (χ3v) is 11.2. The van der Waals surface area contributed by atoms with E-state index in [2.05, 4.69) is 21.3 Å². The first-order valence-corrected chi connectivity index (χ1v) is 21.1. The topological polar surface area (TPSA) is 171 Å². The summed E-state index contributed by atoms with van der Waals surface area (Å²) in [6, 6.07) is 17.7. The van der Waals surface area contributed by atoms with E-state index in [1.165, 1.54) is 13.1 Å². The highest BCUT2D eigenvalue weighted by atomic mass is 35.5. The van der Waals surface area contributed by atoms with Crippen LogP contribution < -0.4 is 19.5 Å². The number of carbonyl (C=O) groups excluding carboxylic acids is 1. The molecule has 2 heterocycles. The van der Waals surface area contributed by atoms with Crippen LogP contribution >= 0.6 is 23.2 Å². The molecule has 0 spiro atoms. The van der Waals surface area contributed by atoms with Gasteiger partial charge >= 0.3 is 0 Å². The number of rotatable bonds is 18. The quantitative estimate of drug-likeness (QED) is 0.108. The van der Waals surface area contributed by atoms with E-state index in [9.17, 15) is 28.7 Å². The van der Waals surface area contributed by atoms with Crippen LogP contribution in [0.1, 0.15) is 53.7 Å². The summed E-state index contributed by atoms with van der Waals surface area (Å²) < 4.78 is 42.6. The van der Waals surface area contributed by atoms with Gasteiger partial charge in [-0.25, -0.2) is 8.42 Å². The molecule has 4 aromatic rings. The van der Waals surface area contributed by atoms with E-state index >= 15 is 0 Å². The Labute approximate surface area is 336 Å². The van der Waals surface area contributed by atoms with Gasteiger partial charge in [0.05, 0.1) is 40.5 Å². The number of halogens is 2. The number of carbonyl (C=O) groups is 1. The van der Waals surface area contributed by atoms with Crippen molar-refractivity contribution in [2.75, 3.05) is 38.2 Å². The molecule has 56 heavy (non-hydrogen) atoms. The van der Waals surface area contributed by atoms with E-state index in [1.807, 2.05) is 36.4 Å². The van der Waals surface area contributed by atoms with Gasteiger partial charge in [0.1, 0.15) is 41.8 Å². The second kappa shape index (κ2) is 18.3. The minimum absolute atomic E-state index is 0.00136. The predicted octanol–water partition coefficient (Wildman–Crippen LogP) is 5.47. The number of sulfone groups is 1. The summed E-state index contributed by atoms with van der Waals surface area (Å²) in [5.74, 6) is -0.0672. The molecule has 3 aromatic carbocycles. The molecule has 0 amide bonds. The molecule has 1 saturated heterocycles. The molecule has 0 bridgehead atoms. The van der Waals surface area contributed by atoms with E-state index in [1.54, 1.807) is 24.4 Å². The van der Waals surface area contributed by atoms with Gasteiger partial charge in [-0.1, -0.05) is 53.5 Å². The molecule has 2 aliphatic rings. The van der Waals surface area contributed by atoms with Crippen LogP contribution in [0, 0.1) is 11.3 Å². The number of nitrogens with one attached hydrogen (secondary N) is 1. The number of ketones is 1. The molecule has 15 heteroatoms. The van der Waals surface area contributed by atoms with Crippen molar-refractivity contribution in [2.24, 2.45) is 0 Å². The highest BCUT2D eigenvalue weighted by Gasteiger charge is 2.30. The van der Waals surface area contributed by atoms with Crippen molar-refractivity contribution in [3.05, 3.63) is 105 Å². The standard InChI is InChI=1S/C41H44Cl2N4O8S/c1-25(48)41(35(50)24-56(2,51)52)46-20-28-15-34(42)39(16-38(28)54-23-27-14-26(17-44)18-45-19-27)55-36-11-10-31-30(6-3-7-32(31)36)33-8-4-9-37(40(33)43)53-13-5-12-47-21-29(49)22-47/h3-4,6-9,14-16,18-19,25,29,36,41,46,48-49H,5,10-13,20-24H2,1-2H3/t25-,36+,41+/m1/s1. The number of pyridine rings is 1. The minimum Gasteiger partial charge on any atom is -0.492 e. The maximum absolute atomic E-state index is 12.8. The number of benzene rings is 3. The number of nitrogens with zero attached hydrogens (tertiary/aromatic N) is 3. The third-order valence-electron chi connectivity index (χ3n) is 9.73. The lowest BCUT2D eigenvalue weighted by molar-refractivity contribution is -0.121. The Morgan fingerprint density at radius 1 is 1.07 bits per heavy atom. The van der Waals surface area contributed by atoms with E-state index < -0.39 is 33.5 Å². The Bertz CT molecular complexity index is 2210.